The quantitative estimate of drug-likeness (QED) is 0.794. The van der Waals surface area contributed by atoms with Crippen molar-refractivity contribution in [2.45, 2.75) is 6.73 Å². The summed E-state index contributed by atoms with van der Waals surface area (Å²) in [6, 6.07) is 8.71. The third-order valence-electron chi connectivity index (χ3n) is 2.62. The molecule has 0 radical (unpaired) electrons. The molecule has 0 aliphatic heterocycles. The first-order chi connectivity index (χ1) is 10.2. The third kappa shape index (κ3) is 4.77. The van der Waals surface area contributed by atoms with E-state index in [9.17, 15) is 4.79 Å². The molecule has 2 aromatic rings. The number of carbonyl (C=O) groups is 1. The van der Waals surface area contributed by atoms with Crippen molar-refractivity contribution in [3.8, 4) is 5.75 Å². The maximum Gasteiger partial charge on any atom is 0.271 e. The number of nitrogens with zero attached hydrogens (tertiary/aromatic N) is 2. The number of hydrogen-bond acceptors (Lipinski definition) is 4. The van der Waals surface area contributed by atoms with Crippen LogP contribution >= 0.6 is 11.6 Å². The Hall–Kier alpha value is -2.05. The van der Waals surface area contributed by atoms with Crippen LogP contribution in [0.2, 0.25) is 5.02 Å². The predicted molar refractivity (Wildman–Crippen MR) is 78.5 cm³/mol. The van der Waals surface area contributed by atoms with Gasteiger partial charge in [-0.1, -0.05) is 17.7 Å². The van der Waals surface area contributed by atoms with E-state index in [-0.39, 0.29) is 12.6 Å². The van der Waals surface area contributed by atoms with Crippen LogP contribution in [0.15, 0.2) is 36.5 Å². The fourth-order valence-electron chi connectivity index (χ4n) is 1.61. The average Bonchev–Trinajstić information content (AvgIpc) is 2.94. The Morgan fingerprint density at radius 3 is 3.05 bits per heavy atom. The summed E-state index contributed by atoms with van der Waals surface area (Å²) < 4.78 is 11.9. The molecule has 112 valence electrons. The maximum atomic E-state index is 11.8. The number of amides is 1. The molecule has 1 aromatic carbocycles. The van der Waals surface area contributed by atoms with Crippen LogP contribution in [0.25, 0.3) is 0 Å². The Bertz CT molecular complexity index is 601. The number of benzene rings is 1. The Morgan fingerprint density at radius 1 is 1.43 bits per heavy atom. The number of rotatable bonds is 7. The van der Waals surface area contributed by atoms with E-state index in [1.54, 1.807) is 43.6 Å². The molecular weight excluding hydrogens is 294 g/mol. The molecule has 1 amide bonds. The number of halogens is 1. The Morgan fingerprint density at radius 2 is 2.29 bits per heavy atom. The van der Waals surface area contributed by atoms with Crippen LogP contribution in [-0.4, -0.2) is 35.9 Å². The minimum absolute atomic E-state index is 0.200. The highest BCUT2D eigenvalue weighted by Gasteiger charge is 2.08. The van der Waals surface area contributed by atoms with Crippen LogP contribution < -0.4 is 10.1 Å². The van der Waals surface area contributed by atoms with E-state index < -0.39 is 0 Å². The first-order valence-electron chi connectivity index (χ1n) is 6.38. The molecule has 0 saturated heterocycles. The molecule has 7 heteroatoms. The standard InChI is InChI=1S/C14H16ClN3O3/c1-20-8-6-16-14(19)13-5-7-18(17-13)10-21-12-4-2-3-11(15)9-12/h2-5,7,9H,6,8,10H2,1H3,(H,16,19). The highest BCUT2D eigenvalue weighted by molar-refractivity contribution is 6.30. The van der Waals surface area contributed by atoms with Crippen LogP contribution in [0.5, 0.6) is 5.75 Å². The van der Waals surface area contributed by atoms with Crippen molar-refractivity contribution >= 4 is 17.5 Å². The summed E-state index contributed by atoms with van der Waals surface area (Å²) in [4.78, 5) is 11.8. The van der Waals surface area contributed by atoms with Crippen molar-refractivity contribution in [1.82, 2.24) is 15.1 Å². The lowest BCUT2D eigenvalue weighted by Crippen LogP contribution is -2.27. The zero-order valence-corrected chi connectivity index (χ0v) is 12.3. The monoisotopic (exact) mass is 309 g/mol. The van der Waals surface area contributed by atoms with Gasteiger partial charge in [0.05, 0.1) is 6.61 Å². The van der Waals surface area contributed by atoms with Crippen LogP contribution in [0.1, 0.15) is 10.5 Å². The molecule has 0 fully saturated rings. The van der Waals surface area contributed by atoms with Gasteiger partial charge in [0.25, 0.3) is 5.91 Å². The van der Waals surface area contributed by atoms with Gasteiger partial charge >= 0.3 is 0 Å². The van der Waals surface area contributed by atoms with Gasteiger partial charge < -0.3 is 14.8 Å². The summed E-state index contributed by atoms with van der Waals surface area (Å²) in [6.07, 6.45) is 1.68. The van der Waals surface area contributed by atoms with Gasteiger partial charge in [-0.15, -0.1) is 0 Å². The maximum absolute atomic E-state index is 11.8. The summed E-state index contributed by atoms with van der Waals surface area (Å²) in [5.74, 6) is 0.401. The second-order valence-corrected chi connectivity index (χ2v) is 4.66. The van der Waals surface area contributed by atoms with Crippen LogP contribution in [-0.2, 0) is 11.5 Å². The summed E-state index contributed by atoms with van der Waals surface area (Å²) >= 11 is 5.87. The molecule has 1 aromatic heterocycles. The molecule has 0 bridgehead atoms. The molecular formula is C14H16ClN3O3. The molecule has 21 heavy (non-hydrogen) atoms. The summed E-state index contributed by atoms with van der Waals surface area (Å²) in [7, 11) is 1.58. The van der Waals surface area contributed by atoms with Crippen molar-refractivity contribution in [3.63, 3.8) is 0 Å². The van der Waals surface area contributed by atoms with Crippen molar-refractivity contribution in [2.75, 3.05) is 20.3 Å². The van der Waals surface area contributed by atoms with E-state index in [0.717, 1.165) is 0 Å². The molecule has 0 aliphatic rings. The van der Waals surface area contributed by atoms with Crippen molar-refractivity contribution in [2.24, 2.45) is 0 Å². The van der Waals surface area contributed by atoms with Crippen LogP contribution in [0.4, 0.5) is 0 Å². The lowest BCUT2D eigenvalue weighted by molar-refractivity contribution is 0.0930. The normalized spacial score (nSPS) is 10.4. The van der Waals surface area contributed by atoms with E-state index in [1.807, 2.05) is 0 Å². The first kappa shape index (κ1) is 15.3. The molecule has 0 spiro atoms. The largest absolute Gasteiger partial charge is 0.471 e. The fourth-order valence-corrected chi connectivity index (χ4v) is 1.79. The second kappa shape index (κ2) is 7.66. The molecule has 1 heterocycles. The zero-order valence-electron chi connectivity index (χ0n) is 11.6. The number of nitrogens with one attached hydrogen (secondary N) is 1. The minimum atomic E-state index is -0.242. The van der Waals surface area contributed by atoms with Crippen LogP contribution in [0, 0.1) is 0 Å². The van der Waals surface area contributed by atoms with Gasteiger partial charge in [-0.05, 0) is 24.3 Å². The van der Waals surface area contributed by atoms with Gasteiger partial charge in [0.1, 0.15) is 11.4 Å². The third-order valence-corrected chi connectivity index (χ3v) is 2.86. The molecule has 0 saturated carbocycles. The lowest BCUT2D eigenvalue weighted by atomic mass is 10.3. The van der Waals surface area contributed by atoms with Gasteiger partial charge in [0, 0.05) is 24.9 Å². The SMILES string of the molecule is COCCNC(=O)c1ccn(COc2cccc(Cl)c2)n1. The van der Waals surface area contributed by atoms with Crippen molar-refractivity contribution < 1.29 is 14.3 Å². The highest BCUT2D eigenvalue weighted by atomic mass is 35.5. The number of carbonyl (C=O) groups excluding carboxylic acids is 1. The summed E-state index contributed by atoms with van der Waals surface area (Å²) in [5.41, 5.74) is 0.334. The van der Waals surface area contributed by atoms with Gasteiger partial charge in [0.2, 0.25) is 0 Å². The Balaban J connectivity index is 1.86. The summed E-state index contributed by atoms with van der Waals surface area (Å²) in [5, 5.41) is 7.43. The summed E-state index contributed by atoms with van der Waals surface area (Å²) in [6.45, 7) is 1.11. The Labute approximate surface area is 127 Å². The fraction of sp³-hybridized carbons (Fsp3) is 0.286. The number of ether oxygens (including phenoxy) is 2. The van der Waals surface area contributed by atoms with Gasteiger partial charge in [-0.2, -0.15) is 5.10 Å². The van der Waals surface area contributed by atoms with Crippen molar-refractivity contribution in [1.29, 1.82) is 0 Å². The molecule has 1 N–H and O–H groups in total. The molecule has 6 nitrogen and oxygen atoms in total. The van der Waals surface area contributed by atoms with Gasteiger partial charge in [0.15, 0.2) is 6.73 Å². The van der Waals surface area contributed by atoms with E-state index in [1.165, 1.54) is 4.68 Å². The van der Waals surface area contributed by atoms with Crippen LogP contribution in [0.3, 0.4) is 0 Å². The number of hydrogen-bond donors (Lipinski definition) is 1. The van der Waals surface area contributed by atoms with E-state index in [4.69, 9.17) is 21.1 Å². The smallest absolute Gasteiger partial charge is 0.271 e. The molecule has 2 rings (SSSR count). The zero-order chi connectivity index (χ0) is 15.1. The molecule has 0 aliphatic carbocycles. The minimum Gasteiger partial charge on any atom is -0.471 e. The van der Waals surface area contributed by atoms with E-state index >= 15 is 0 Å². The molecule has 0 atom stereocenters. The number of aromatic nitrogens is 2. The van der Waals surface area contributed by atoms with E-state index in [2.05, 4.69) is 10.4 Å². The topological polar surface area (TPSA) is 65.4 Å². The number of methoxy groups -OCH3 is 1. The van der Waals surface area contributed by atoms with Crippen molar-refractivity contribution in [3.05, 3.63) is 47.2 Å². The lowest BCUT2D eigenvalue weighted by Gasteiger charge is -2.06. The van der Waals surface area contributed by atoms with Gasteiger partial charge in [-0.25, -0.2) is 4.68 Å². The molecule has 0 unspecified atom stereocenters. The average molecular weight is 310 g/mol. The second-order valence-electron chi connectivity index (χ2n) is 4.22. The predicted octanol–water partition coefficient (Wildman–Crippen LogP) is 1.95. The first-order valence-corrected chi connectivity index (χ1v) is 6.76. The highest BCUT2D eigenvalue weighted by Crippen LogP contribution is 2.17. The van der Waals surface area contributed by atoms with Gasteiger partial charge in [-0.3, -0.25) is 4.79 Å². The van der Waals surface area contributed by atoms with E-state index in [0.29, 0.717) is 29.6 Å². The Kier molecular flexibility index (Phi) is 5.59.